The fourth-order valence-electron chi connectivity index (χ4n) is 0.777. The lowest BCUT2D eigenvalue weighted by Gasteiger charge is -1.97. The van der Waals surface area contributed by atoms with Crippen molar-refractivity contribution in [3.05, 3.63) is 0 Å². The molecule has 0 spiro atoms. The van der Waals surface area contributed by atoms with E-state index >= 15 is 0 Å². The molecule has 0 fully saturated rings. The van der Waals surface area contributed by atoms with Gasteiger partial charge in [-0.2, -0.15) is 5.26 Å². The molecule has 0 aliphatic rings. The van der Waals surface area contributed by atoms with Crippen LogP contribution in [0.2, 0.25) is 0 Å². The van der Waals surface area contributed by atoms with E-state index in [9.17, 15) is 4.79 Å². The van der Waals surface area contributed by atoms with Crippen LogP contribution in [0.5, 0.6) is 0 Å². The molecular weight excluding hydrogens is 126 g/mol. The van der Waals surface area contributed by atoms with Gasteiger partial charge in [0.15, 0.2) is 0 Å². The van der Waals surface area contributed by atoms with Gasteiger partial charge in [-0.15, -0.1) is 0 Å². The Kier molecular flexibility index (Phi) is 5.75. The molecule has 0 aliphatic heterocycles. The monoisotopic (exact) mass is 139 g/mol. The molecule has 0 aromatic heterocycles. The minimum absolute atomic E-state index is 0.369. The summed E-state index contributed by atoms with van der Waals surface area (Å²) in [6.45, 7) is 2.10. The second-order valence-electron chi connectivity index (χ2n) is 2.37. The fraction of sp³-hybridized carbons (Fsp3) is 0.750. The number of hydrogen-bond donors (Lipinski definition) is 0. The standard InChI is InChI=1S/C8H13NO/c1-2-3-4-5-8(6-9)7-10/h7-8H,2-5H2,1H3. The van der Waals surface area contributed by atoms with Crippen LogP contribution in [-0.4, -0.2) is 6.29 Å². The van der Waals surface area contributed by atoms with Gasteiger partial charge in [-0.1, -0.05) is 26.2 Å². The first kappa shape index (κ1) is 9.16. The average Bonchev–Trinajstić information content (AvgIpc) is 1.99. The molecule has 56 valence electrons. The van der Waals surface area contributed by atoms with E-state index < -0.39 is 0 Å². The summed E-state index contributed by atoms with van der Waals surface area (Å²) in [5, 5.41) is 8.34. The molecule has 0 heterocycles. The number of nitriles is 1. The number of unbranched alkanes of at least 4 members (excludes halogenated alkanes) is 2. The Hall–Kier alpha value is -0.840. The van der Waals surface area contributed by atoms with Gasteiger partial charge in [0.2, 0.25) is 0 Å². The number of carbonyl (C=O) groups is 1. The zero-order valence-electron chi connectivity index (χ0n) is 6.34. The van der Waals surface area contributed by atoms with Gasteiger partial charge in [0.25, 0.3) is 0 Å². The van der Waals surface area contributed by atoms with Gasteiger partial charge >= 0.3 is 0 Å². The van der Waals surface area contributed by atoms with Gasteiger partial charge in [0.05, 0.1) is 6.07 Å². The first-order chi connectivity index (χ1) is 4.85. The van der Waals surface area contributed by atoms with Crippen molar-refractivity contribution < 1.29 is 4.79 Å². The molecule has 10 heavy (non-hydrogen) atoms. The van der Waals surface area contributed by atoms with Gasteiger partial charge in [-0.05, 0) is 6.42 Å². The minimum Gasteiger partial charge on any atom is -0.302 e. The molecule has 0 aliphatic carbocycles. The normalized spacial score (nSPS) is 12.0. The Labute approximate surface area is 61.8 Å². The minimum atomic E-state index is -0.369. The zero-order valence-corrected chi connectivity index (χ0v) is 6.34. The maximum Gasteiger partial charge on any atom is 0.137 e. The molecule has 0 aromatic rings. The molecule has 0 amide bonds. The maximum absolute atomic E-state index is 10.1. The highest BCUT2D eigenvalue weighted by molar-refractivity contribution is 5.57. The molecule has 1 unspecified atom stereocenters. The summed E-state index contributed by atoms with van der Waals surface area (Å²) in [4.78, 5) is 10.1. The van der Waals surface area contributed by atoms with Crippen LogP contribution >= 0.6 is 0 Å². The number of carbonyl (C=O) groups excluding carboxylic acids is 1. The van der Waals surface area contributed by atoms with Crippen molar-refractivity contribution in [3.8, 4) is 6.07 Å². The fourth-order valence-corrected chi connectivity index (χ4v) is 0.777. The molecule has 0 bridgehead atoms. The Morgan fingerprint density at radius 3 is 2.70 bits per heavy atom. The second-order valence-corrected chi connectivity index (χ2v) is 2.37. The number of aldehydes is 1. The predicted octanol–water partition coefficient (Wildman–Crippen LogP) is 1.91. The van der Waals surface area contributed by atoms with Crippen molar-refractivity contribution >= 4 is 6.29 Å². The van der Waals surface area contributed by atoms with Crippen LogP contribution in [-0.2, 0) is 4.79 Å². The number of hydrogen-bond acceptors (Lipinski definition) is 2. The van der Waals surface area contributed by atoms with E-state index in [0.717, 1.165) is 32.0 Å². The summed E-state index contributed by atoms with van der Waals surface area (Å²) in [5.41, 5.74) is 0. The molecule has 0 rings (SSSR count). The lowest BCUT2D eigenvalue weighted by molar-refractivity contribution is -0.109. The molecule has 0 radical (unpaired) electrons. The largest absolute Gasteiger partial charge is 0.302 e. The van der Waals surface area contributed by atoms with Crippen LogP contribution < -0.4 is 0 Å². The molecule has 0 saturated heterocycles. The summed E-state index contributed by atoms with van der Waals surface area (Å²) >= 11 is 0. The van der Waals surface area contributed by atoms with Crippen molar-refractivity contribution in [1.82, 2.24) is 0 Å². The van der Waals surface area contributed by atoms with Gasteiger partial charge in [-0.3, -0.25) is 0 Å². The third-order valence-electron chi connectivity index (χ3n) is 1.45. The van der Waals surface area contributed by atoms with Crippen molar-refractivity contribution in [2.75, 3.05) is 0 Å². The molecule has 0 N–H and O–H groups in total. The van der Waals surface area contributed by atoms with Gasteiger partial charge in [-0.25, -0.2) is 0 Å². The maximum atomic E-state index is 10.1. The summed E-state index contributed by atoms with van der Waals surface area (Å²) in [6.07, 6.45) is 4.71. The lowest BCUT2D eigenvalue weighted by Crippen LogP contribution is -1.97. The van der Waals surface area contributed by atoms with Crippen LogP contribution in [0.1, 0.15) is 32.6 Å². The first-order valence-corrected chi connectivity index (χ1v) is 3.70. The summed E-state index contributed by atoms with van der Waals surface area (Å²) in [6, 6.07) is 1.94. The Balaban J connectivity index is 3.28. The molecule has 2 heteroatoms. The third kappa shape index (κ3) is 4.08. The summed E-state index contributed by atoms with van der Waals surface area (Å²) in [7, 11) is 0. The Morgan fingerprint density at radius 2 is 2.30 bits per heavy atom. The highest BCUT2D eigenvalue weighted by atomic mass is 16.1. The van der Waals surface area contributed by atoms with Crippen LogP contribution in [0.3, 0.4) is 0 Å². The first-order valence-electron chi connectivity index (χ1n) is 3.70. The van der Waals surface area contributed by atoms with E-state index in [4.69, 9.17) is 5.26 Å². The summed E-state index contributed by atoms with van der Waals surface area (Å²) in [5.74, 6) is -0.369. The van der Waals surface area contributed by atoms with Crippen LogP contribution in [0, 0.1) is 17.2 Å². The van der Waals surface area contributed by atoms with E-state index in [0.29, 0.717) is 0 Å². The average molecular weight is 139 g/mol. The zero-order chi connectivity index (χ0) is 7.82. The third-order valence-corrected chi connectivity index (χ3v) is 1.45. The number of rotatable bonds is 5. The van der Waals surface area contributed by atoms with Crippen LogP contribution in [0.25, 0.3) is 0 Å². The van der Waals surface area contributed by atoms with Crippen LogP contribution in [0.4, 0.5) is 0 Å². The van der Waals surface area contributed by atoms with Gasteiger partial charge < -0.3 is 4.79 Å². The molecule has 1 atom stereocenters. The van der Waals surface area contributed by atoms with E-state index in [1.54, 1.807) is 0 Å². The van der Waals surface area contributed by atoms with Gasteiger partial charge in [0.1, 0.15) is 12.2 Å². The molecule has 0 aromatic carbocycles. The Bertz CT molecular complexity index is 126. The molecular formula is C8H13NO. The van der Waals surface area contributed by atoms with E-state index in [2.05, 4.69) is 6.92 Å². The van der Waals surface area contributed by atoms with Gasteiger partial charge in [0, 0.05) is 0 Å². The lowest BCUT2D eigenvalue weighted by atomic mass is 10.0. The van der Waals surface area contributed by atoms with E-state index in [1.165, 1.54) is 0 Å². The highest BCUT2D eigenvalue weighted by Crippen LogP contribution is 2.05. The van der Waals surface area contributed by atoms with E-state index in [-0.39, 0.29) is 5.92 Å². The van der Waals surface area contributed by atoms with Crippen LogP contribution in [0.15, 0.2) is 0 Å². The SMILES string of the molecule is CCCCCC(C#N)C=O. The van der Waals surface area contributed by atoms with Crippen molar-refractivity contribution in [1.29, 1.82) is 5.26 Å². The van der Waals surface area contributed by atoms with Crippen molar-refractivity contribution in [2.45, 2.75) is 32.6 Å². The molecule has 2 nitrogen and oxygen atoms in total. The van der Waals surface area contributed by atoms with E-state index in [1.807, 2.05) is 6.07 Å². The predicted molar refractivity (Wildman–Crippen MR) is 39.3 cm³/mol. The Morgan fingerprint density at radius 1 is 1.60 bits per heavy atom. The van der Waals surface area contributed by atoms with Crippen molar-refractivity contribution in [2.24, 2.45) is 5.92 Å². The summed E-state index contributed by atoms with van der Waals surface area (Å²) < 4.78 is 0. The quantitative estimate of drug-likeness (QED) is 0.431. The highest BCUT2D eigenvalue weighted by Gasteiger charge is 2.02. The molecule has 0 saturated carbocycles. The second kappa shape index (κ2) is 6.28. The van der Waals surface area contributed by atoms with Crippen molar-refractivity contribution in [3.63, 3.8) is 0 Å². The number of nitrogens with zero attached hydrogens (tertiary/aromatic N) is 1. The smallest absolute Gasteiger partial charge is 0.137 e. The topological polar surface area (TPSA) is 40.9 Å².